The number of benzene rings is 1. The number of nitrogens with zero attached hydrogens (tertiary/aromatic N) is 1. The molecule has 2 aliphatic rings. The topological polar surface area (TPSA) is 94.3 Å². The van der Waals surface area contributed by atoms with Gasteiger partial charge in [0.25, 0.3) is 11.8 Å². The van der Waals surface area contributed by atoms with E-state index < -0.39 is 5.82 Å². The molecule has 3 heterocycles. The van der Waals surface area contributed by atoms with E-state index in [-0.39, 0.29) is 23.8 Å². The van der Waals surface area contributed by atoms with Crippen LogP contribution in [0, 0.1) is 19.7 Å². The molecule has 2 aliphatic heterocycles. The summed E-state index contributed by atoms with van der Waals surface area (Å²) < 4.78 is 13.7. The van der Waals surface area contributed by atoms with Gasteiger partial charge in [-0.15, -0.1) is 0 Å². The van der Waals surface area contributed by atoms with E-state index in [0.29, 0.717) is 58.8 Å². The van der Waals surface area contributed by atoms with Gasteiger partial charge in [0, 0.05) is 48.7 Å². The highest BCUT2D eigenvalue weighted by Gasteiger charge is 2.28. The van der Waals surface area contributed by atoms with Crippen molar-refractivity contribution in [3.05, 3.63) is 52.1 Å². The Balaban J connectivity index is 1.60. The van der Waals surface area contributed by atoms with Gasteiger partial charge in [-0.25, -0.2) is 4.39 Å². The number of rotatable bonds is 3. The summed E-state index contributed by atoms with van der Waals surface area (Å²) in [5.74, 6) is -0.958. The van der Waals surface area contributed by atoms with Crippen molar-refractivity contribution in [2.24, 2.45) is 0 Å². The molecular weight excluding hydrogens is 387 g/mol. The van der Waals surface area contributed by atoms with Crippen molar-refractivity contribution in [2.75, 3.05) is 18.4 Å². The molecule has 0 radical (unpaired) electrons. The van der Waals surface area contributed by atoms with Crippen molar-refractivity contribution in [1.29, 1.82) is 0 Å². The second-order valence-electron chi connectivity index (χ2n) is 7.79. The van der Waals surface area contributed by atoms with E-state index in [1.165, 1.54) is 25.1 Å². The molecule has 3 amide bonds. The van der Waals surface area contributed by atoms with E-state index in [0.717, 1.165) is 0 Å². The number of aromatic nitrogens is 1. The van der Waals surface area contributed by atoms with Crippen molar-refractivity contribution in [1.82, 2.24) is 15.2 Å². The minimum Gasteiger partial charge on any atom is -0.358 e. The molecular formula is C22H23FN4O3. The number of anilines is 1. The molecule has 0 unspecified atom stereocenters. The number of aromatic amines is 1. The van der Waals surface area contributed by atoms with Crippen LogP contribution in [0.5, 0.6) is 0 Å². The van der Waals surface area contributed by atoms with Crippen LogP contribution in [-0.4, -0.2) is 46.7 Å². The number of likely N-dealkylation sites (tertiary alicyclic amines) is 1. The van der Waals surface area contributed by atoms with E-state index in [9.17, 15) is 18.8 Å². The largest absolute Gasteiger partial charge is 0.358 e. The van der Waals surface area contributed by atoms with Crippen molar-refractivity contribution in [3.63, 3.8) is 0 Å². The Labute approximate surface area is 173 Å². The third kappa shape index (κ3) is 3.49. The molecule has 0 spiro atoms. The molecule has 2 aromatic rings. The van der Waals surface area contributed by atoms with Gasteiger partial charge in [0.05, 0.1) is 11.1 Å². The normalized spacial score (nSPS) is 19.2. The molecule has 1 aromatic heterocycles. The summed E-state index contributed by atoms with van der Waals surface area (Å²) >= 11 is 0. The van der Waals surface area contributed by atoms with Crippen LogP contribution in [0.1, 0.15) is 46.2 Å². The maximum absolute atomic E-state index is 13.7. The lowest BCUT2D eigenvalue weighted by atomic mass is 10.0. The van der Waals surface area contributed by atoms with Gasteiger partial charge in [0.2, 0.25) is 5.91 Å². The van der Waals surface area contributed by atoms with E-state index in [1.807, 2.05) is 0 Å². The number of hydrogen-bond acceptors (Lipinski definition) is 3. The molecule has 30 heavy (non-hydrogen) atoms. The zero-order valence-electron chi connectivity index (χ0n) is 17.1. The number of aryl methyl sites for hydroxylation is 1. The number of carbonyl (C=O) groups is 3. The van der Waals surface area contributed by atoms with E-state index in [1.54, 1.807) is 24.8 Å². The first kappa shape index (κ1) is 19.9. The van der Waals surface area contributed by atoms with Crippen molar-refractivity contribution in [3.8, 4) is 0 Å². The highest BCUT2D eigenvalue weighted by molar-refractivity contribution is 6.34. The minimum absolute atomic E-state index is 0.00113. The third-order valence-corrected chi connectivity index (χ3v) is 5.73. The Morgan fingerprint density at radius 2 is 2.07 bits per heavy atom. The van der Waals surface area contributed by atoms with Crippen LogP contribution in [0.4, 0.5) is 10.1 Å². The zero-order chi connectivity index (χ0) is 21.6. The molecule has 1 fully saturated rings. The molecule has 4 rings (SSSR count). The van der Waals surface area contributed by atoms with Crippen molar-refractivity contribution < 1.29 is 18.8 Å². The van der Waals surface area contributed by atoms with Crippen molar-refractivity contribution >= 4 is 35.1 Å². The van der Waals surface area contributed by atoms with E-state index >= 15 is 0 Å². The first-order chi connectivity index (χ1) is 14.2. The third-order valence-electron chi connectivity index (χ3n) is 5.73. The number of amides is 3. The molecule has 3 N–H and O–H groups in total. The lowest BCUT2D eigenvalue weighted by molar-refractivity contribution is -0.127. The van der Waals surface area contributed by atoms with E-state index in [2.05, 4.69) is 15.6 Å². The van der Waals surface area contributed by atoms with Gasteiger partial charge in [0.15, 0.2) is 0 Å². The Kier molecular flexibility index (Phi) is 4.93. The Bertz CT molecular complexity index is 1100. The monoisotopic (exact) mass is 410 g/mol. The number of halogens is 1. The fraction of sp³-hybridized carbons (Fsp3) is 0.318. The Morgan fingerprint density at radius 1 is 1.30 bits per heavy atom. The first-order valence-electron chi connectivity index (χ1n) is 9.83. The number of fused-ring (bicyclic) bond motifs is 1. The first-order valence-corrected chi connectivity index (χ1v) is 9.83. The SMILES string of the molecule is CC(=O)N1CC[C@H](NC(=O)c2c(C)[nH]c(/C=C3\C(=O)Nc4ccc(F)cc43)c2C)C1. The van der Waals surface area contributed by atoms with Crippen LogP contribution < -0.4 is 10.6 Å². The fourth-order valence-corrected chi connectivity index (χ4v) is 4.13. The van der Waals surface area contributed by atoms with Gasteiger partial charge >= 0.3 is 0 Å². The zero-order valence-corrected chi connectivity index (χ0v) is 17.1. The second-order valence-corrected chi connectivity index (χ2v) is 7.79. The number of carbonyl (C=O) groups excluding carboxylic acids is 3. The molecule has 7 nitrogen and oxygen atoms in total. The summed E-state index contributed by atoms with van der Waals surface area (Å²) in [6.45, 7) is 6.26. The molecule has 1 saturated heterocycles. The quantitative estimate of drug-likeness (QED) is 0.679. The van der Waals surface area contributed by atoms with Crippen LogP contribution in [0.25, 0.3) is 11.6 Å². The highest BCUT2D eigenvalue weighted by Crippen LogP contribution is 2.34. The Hall–Kier alpha value is -3.42. The summed E-state index contributed by atoms with van der Waals surface area (Å²) in [7, 11) is 0. The molecule has 0 aliphatic carbocycles. The standard InChI is InChI=1S/C22H23FN4O3/c1-11-19(9-17-16-8-14(23)4-5-18(16)26-21(17)29)24-12(2)20(11)22(30)25-15-6-7-27(10-15)13(3)28/h4-5,8-9,15,24H,6-7,10H2,1-3H3,(H,25,30)(H,26,29)/b17-9-/t15-/m0/s1. The Morgan fingerprint density at radius 3 is 2.77 bits per heavy atom. The molecule has 1 atom stereocenters. The molecule has 0 bridgehead atoms. The minimum atomic E-state index is -0.424. The van der Waals surface area contributed by atoms with Gasteiger partial charge in [-0.1, -0.05) is 0 Å². The highest BCUT2D eigenvalue weighted by atomic mass is 19.1. The van der Waals surface area contributed by atoms with Crippen LogP contribution in [0.2, 0.25) is 0 Å². The predicted molar refractivity (Wildman–Crippen MR) is 111 cm³/mol. The smallest absolute Gasteiger partial charge is 0.256 e. The lowest BCUT2D eigenvalue weighted by Crippen LogP contribution is -2.38. The van der Waals surface area contributed by atoms with Crippen LogP contribution in [0.3, 0.4) is 0 Å². The predicted octanol–water partition coefficient (Wildman–Crippen LogP) is 2.61. The molecule has 0 saturated carbocycles. The molecule has 1 aromatic carbocycles. The van der Waals surface area contributed by atoms with Crippen LogP contribution >= 0.6 is 0 Å². The summed E-state index contributed by atoms with van der Waals surface area (Å²) in [4.78, 5) is 41.6. The lowest BCUT2D eigenvalue weighted by Gasteiger charge is -2.15. The average Bonchev–Trinajstić information content (AvgIpc) is 3.33. The molecule has 8 heteroatoms. The fourth-order valence-electron chi connectivity index (χ4n) is 4.13. The summed E-state index contributed by atoms with van der Waals surface area (Å²) in [5, 5.41) is 5.72. The summed E-state index contributed by atoms with van der Waals surface area (Å²) in [6.07, 6.45) is 2.36. The summed E-state index contributed by atoms with van der Waals surface area (Å²) in [6, 6.07) is 4.05. The maximum atomic E-state index is 13.7. The average molecular weight is 410 g/mol. The van der Waals surface area contributed by atoms with Gasteiger partial charge in [-0.2, -0.15) is 0 Å². The van der Waals surface area contributed by atoms with Crippen molar-refractivity contribution in [2.45, 2.75) is 33.2 Å². The van der Waals surface area contributed by atoms with E-state index in [4.69, 9.17) is 0 Å². The molecule has 156 valence electrons. The number of nitrogens with one attached hydrogen (secondary N) is 3. The maximum Gasteiger partial charge on any atom is 0.256 e. The van der Waals surface area contributed by atoms with Gasteiger partial charge in [0.1, 0.15) is 5.82 Å². The summed E-state index contributed by atoms with van der Waals surface area (Å²) in [5.41, 5.74) is 3.91. The van der Waals surface area contributed by atoms with Crippen LogP contribution in [-0.2, 0) is 9.59 Å². The second kappa shape index (κ2) is 7.44. The van der Waals surface area contributed by atoms with Gasteiger partial charge in [-0.05, 0) is 50.1 Å². The van der Waals surface area contributed by atoms with Crippen LogP contribution in [0.15, 0.2) is 18.2 Å². The number of hydrogen-bond donors (Lipinski definition) is 3. The number of H-pyrrole nitrogens is 1. The van der Waals surface area contributed by atoms with Gasteiger partial charge in [-0.3, -0.25) is 14.4 Å². The van der Waals surface area contributed by atoms with Gasteiger partial charge < -0.3 is 20.5 Å².